The molecular formula is C14H13BrO2. The maximum atomic E-state index is 10.3. The molecule has 2 aromatic carbocycles. The first kappa shape index (κ1) is 12.1. The lowest BCUT2D eigenvalue weighted by Gasteiger charge is -2.13. The Morgan fingerprint density at radius 2 is 1.71 bits per heavy atom. The quantitative estimate of drug-likeness (QED) is 0.938. The number of methoxy groups -OCH3 is 1. The molecule has 1 N–H and O–H groups in total. The number of rotatable bonds is 3. The monoisotopic (exact) mass is 292 g/mol. The zero-order valence-electron chi connectivity index (χ0n) is 9.43. The van der Waals surface area contributed by atoms with Gasteiger partial charge < -0.3 is 9.84 Å². The van der Waals surface area contributed by atoms with Crippen molar-refractivity contribution in [1.82, 2.24) is 0 Å². The molecule has 0 spiro atoms. The van der Waals surface area contributed by atoms with Gasteiger partial charge in [0.1, 0.15) is 11.9 Å². The average molecular weight is 293 g/mol. The van der Waals surface area contributed by atoms with Gasteiger partial charge in [0.2, 0.25) is 0 Å². The highest BCUT2D eigenvalue weighted by molar-refractivity contribution is 9.10. The molecule has 0 unspecified atom stereocenters. The molecule has 0 aromatic heterocycles. The Morgan fingerprint density at radius 1 is 1.06 bits per heavy atom. The SMILES string of the molecule is COc1ccc([C@H](O)c2ccccc2Br)cc1. The van der Waals surface area contributed by atoms with E-state index in [0.717, 1.165) is 21.3 Å². The predicted octanol–water partition coefficient (Wildman–Crippen LogP) is 3.54. The van der Waals surface area contributed by atoms with Crippen molar-refractivity contribution in [2.45, 2.75) is 6.10 Å². The van der Waals surface area contributed by atoms with E-state index in [9.17, 15) is 5.11 Å². The highest BCUT2D eigenvalue weighted by Crippen LogP contribution is 2.29. The molecule has 2 rings (SSSR count). The molecule has 88 valence electrons. The van der Waals surface area contributed by atoms with Gasteiger partial charge in [-0.15, -0.1) is 0 Å². The number of halogens is 1. The fourth-order valence-electron chi connectivity index (χ4n) is 1.66. The standard InChI is InChI=1S/C14H13BrO2/c1-17-11-8-6-10(7-9-11)14(16)12-4-2-3-5-13(12)15/h2-9,14,16H,1H3/t14-/m0/s1. The van der Waals surface area contributed by atoms with Crippen LogP contribution in [0.25, 0.3) is 0 Å². The first-order valence-corrected chi connectivity index (χ1v) is 6.08. The maximum Gasteiger partial charge on any atom is 0.118 e. The molecule has 0 bridgehead atoms. The summed E-state index contributed by atoms with van der Waals surface area (Å²) in [6.07, 6.45) is -0.628. The van der Waals surface area contributed by atoms with Crippen molar-refractivity contribution in [2.24, 2.45) is 0 Å². The predicted molar refractivity (Wildman–Crippen MR) is 71.2 cm³/mol. The van der Waals surface area contributed by atoms with Gasteiger partial charge in [-0.2, -0.15) is 0 Å². The first-order chi connectivity index (χ1) is 8.22. The van der Waals surface area contributed by atoms with E-state index < -0.39 is 6.10 Å². The molecule has 1 atom stereocenters. The Morgan fingerprint density at radius 3 is 2.29 bits per heavy atom. The van der Waals surface area contributed by atoms with E-state index in [0.29, 0.717) is 0 Å². The van der Waals surface area contributed by atoms with Crippen LogP contribution in [0.2, 0.25) is 0 Å². The Hall–Kier alpha value is -1.32. The lowest BCUT2D eigenvalue weighted by molar-refractivity contribution is 0.219. The zero-order valence-corrected chi connectivity index (χ0v) is 11.0. The van der Waals surface area contributed by atoms with E-state index in [1.165, 1.54) is 0 Å². The molecule has 0 fully saturated rings. The second-order valence-corrected chi connectivity index (χ2v) is 4.55. The summed E-state index contributed by atoms with van der Waals surface area (Å²) in [5.41, 5.74) is 1.70. The fraction of sp³-hybridized carbons (Fsp3) is 0.143. The fourth-order valence-corrected chi connectivity index (χ4v) is 2.16. The molecular weight excluding hydrogens is 280 g/mol. The summed E-state index contributed by atoms with van der Waals surface area (Å²) >= 11 is 3.44. The largest absolute Gasteiger partial charge is 0.497 e. The molecule has 2 aromatic rings. The van der Waals surface area contributed by atoms with Gasteiger partial charge in [-0.1, -0.05) is 46.3 Å². The minimum atomic E-state index is -0.628. The summed E-state index contributed by atoms with van der Waals surface area (Å²) in [6.45, 7) is 0. The van der Waals surface area contributed by atoms with Gasteiger partial charge in [0.25, 0.3) is 0 Å². The summed E-state index contributed by atoms with van der Waals surface area (Å²) in [7, 11) is 1.62. The molecule has 17 heavy (non-hydrogen) atoms. The van der Waals surface area contributed by atoms with Crippen molar-refractivity contribution >= 4 is 15.9 Å². The number of aliphatic hydroxyl groups is 1. The van der Waals surface area contributed by atoms with Gasteiger partial charge in [0, 0.05) is 4.47 Å². The Balaban J connectivity index is 2.30. The summed E-state index contributed by atoms with van der Waals surface area (Å²) in [4.78, 5) is 0. The van der Waals surface area contributed by atoms with Crippen LogP contribution in [0.3, 0.4) is 0 Å². The Labute approximate surface area is 109 Å². The lowest BCUT2D eigenvalue weighted by Crippen LogP contribution is -2.00. The number of ether oxygens (including phenoxy) is 1. The van der Waals surface area contributed by atoms with Crippen molar-refractivity contribution < 1.29 is 9.84 Å². The van der Waals surface area contributed by atoms with Crippen LogP contribution >= 0.6 is 15.9 Å². The Kier molecular flexibility index (Phi) is 3.82. The molecule has 0 aliphatic carbocycles. The summed E-state index contributed by atoms with van der Waals surface area (Å²) in [5, 5.41) is 10.3. The molecule has 0 heterocycles. The third kappa shape index (κ3) is 2.68. The van der Waals surface area contributed by atoms with E-state index in [2.05, 4.69) is 15.9 Å². The molecule has 0 saturated heterocycles. The highest BCUT2D eigenvalue weighted by Gasteiger charge is 2.12. The van der Waals surface area contributed by atoms with Gasteiger partial charge in [-0.25, -0.2) is 0 Å². The number of aliphatic hydroxyl groups excluding tert-OH is 1. The third-order valence-corrected chi connectivity index (χ3v) is 3.35. The molecule has 2 nitrogen and oxygen atoms in total. The van der Waals surface area contributed by atoms with Crippen molar-refractivity contribution in [3.05, 3.63) is 64.1 Å². The smallest absolute Gasteiger partial charge is 0.118 e. The van der Waals surface area contributed by atoms with E-state index >= 15 is 0 Å². The van der Waals surface area contributed by atoms with Gasteiger partial charge >= 0.3 is 0 Å². The van der Waals surface area contributed by atoms with Crippen LogP contribution in [-0.4, -0.2) is 12.2 Å². The van der Waals surface area contributed by atoms with E-state index in [1.54, 1.807) is 7.11 Å². The molecule has 0 radical (unpaired) electrons. The van der Waals surface area contributed by atoms with Crippen LogP contribution < -0.4 is 4.74 Å². The molecule has 0 saturated carbocycles. The summed E-state index contributed by atoms with van der Waals surface area (Å²) in [5.74, 6) is 0.785. The molecule has 0 aliphatic rings. The van der Waals surface area contributed by atoms with Crippen LogP contribution in [0.15, 0.2) is 53.0 Å². The van der Waals surface area contributed by atoms with Crippen LogP contribution in [0, 0.1) is 0 Å². The number of hydrogen-bond acceptors (Lipinski definition) is 2. The van der Waals surface area contributed by atoms with E-state index in [1.807, 2.05) is 48.5 Å². The zero-order chi connectivity index (χ0) is 12.3. The normalized spacial score (nSPS) is 12.2. The average Bonchev–Trinajstić information content (AvgIpc) is 2.39. The van der Waals surface area contributed by atoms with Crippen LogP contribution in [0.5, 0.6) is 5.75 Å². The maximum absolute atomic E-state index is 10.3. The second kappa shape index (κ2) is 5.34. The van der Waals surface area contributed by atoms with Crippen molar-refractivity contribution in [2.75, 3.05) is 7.11 Å². The molecule has 0 aliphatic heterocycles. The molecule has 0 amide bonds. The van der Waals surface area contributed by atoms with Crippen LogP contribution in [0.1, 0.15) is 17.2 Å². The lowest BCUT2D eigenvalue weighted by atomic mass is 10.0. The summed E-state index contributed by atoms with van der Waals surface area (Å²) in [6, 6.07) is 15.1. The van der Waals surface area contributed by atoms with Crippen LogP contribution in [0.4, 0.5) is 0 Å². The van der Waals surface area contributed by atoms with Gasteiger partial charge in [-0.3, -0.25) is 0 Å². The van der Waals surface area contributed by atoms with Crippen molar-refractivity contribution in [1.29, 1.82) is 0 Å². The van der Waals surface area contributed by atoms with Gasteiger partial charge in [-0.05, 0) is 29.3 Å². The number of benzene rings is 2. The van der Waals surface area contributed by atoms with Crippen molar-refractivity contribution in [3.63, 3.8) is 0 Å². The van der Waals surface area contributed by atoms with E-state index in [-0.39, 0.29) is 0 Å². The highest BCUT2D eigenvalue weighted by atomic mass is 79.9. The van der Waals surface area contributed by atoms with Gasteiger partial charge in [0.15, 0.2) is 0 Å². The second-order valence-electron chi connectivity index (χ2n) is 3.70. The summed E-state index contributed by atoms with van der Waals surface area (Å²) < 4.78 is 5.99. The topological polar surface area (TPSA) is 29.5 Å². The van der Waals surface area contributed by atoms with Crippen molar-refractivity contribution in [3.8, 4) is 5.75 Å². The van der Waals surface area contributed by atoms with Gasteiger partial charge in [0.05, 0.1) is 7.11 Å². The van der Waals surface area contributed by atoms with E-state index in [4.69, 9.17) is 4.74 Å². The minimum absolute atomic E-state index is 0.628. The minimum Gasteiger partial charge on any atom is -0.497 e. The Bertz CT molecular complexity index is 494. The van der Waals surface area contributed by atoms with Crippen LogP contribution in [-0.2, 0) is 0 Å². The number of hydrogen-bond donors (Lipinski definition) is 1. The first-order valence-electron chi connectivity index (χ1n) is 5.29. The molecule has 3 heteroatoms. The third-order valence-electron chi connectivity index (χ3n) is 2.63.